The molecule has 1 N–H and O–H groups in total. The average molecular weight is 421 g/mol. The van der Waals surface area contributed by atoms with Crippen LogP contribution < -0.4 is 5.32 Å². The highest BCUT2D eigenvalue weighted by Crippen LogP contribution is 2.27. The maximum Gasteiger partial charge on any atom is 0.242 e. The summed E-state index contributed by atoms with van der Waals surface area (Å²) in [5.41, 5.74) is 1.73. The molecule has 0 spiro atoms. The van der Waals surface area contributed by atoms with E-state index in [1.807, 2.05) is 37.3 Å². The monoisotopic (exact) mass is 420 g/mol. The van der Waals surface area contributed by atoms with E-state index in [1.165, 1.54) is 0 Å². The molecule has 0 saturated heterocycles. The van der Waals surface area contributed by atoms with Crippen LogP contribution in [-0.2, 0) is 22.6 Å². The first kappa shape index (κ1) is 22.3. The van der Waals surface area contributed by atoms with Crippen LogP contribution in [0, 0.1) is 0 Å². The molecule has 6 heteroatoms. The number of benzene rings is 2. The van der Waals surface area contributed by atoms with Crippen molar-refractivity contribution in [1.82, 2.24) is 10.2 Å². The van der Waals surface area contributed by atoms with E-state index in [0.717, 1.165) is 12.0 Å². The summed E-state index contributed by atoms with van der Waals surface area (Å²) in [7, 11) is 0. The van der Waals surface area contributed by atoms with E-state index >= 15 is 0 Å². The fourth-order valence-electron chi connectivity index (χ4n) is 2.87. The largest absolute Gasteiger partial charge is 0.354 e. The Morgan fingerprint density at radius 2 is 1.68 bits per heavy atom. The maximum atomic E-state index is 13.0. The van der Waals surface area contributed by atoms with Crippen molar-refractivity contribution in [3.8, 4) is 0 Å². The van der Waals surface area contributed by atoms with Crippen molar-refractivity contribution in [2.24, 2.45) is 0 Å². The van der Waals surface area contributed by atoms with Crippen LogP contribution in [0.1, 0.15) is 37.8 Å². The second-order valence-electron chi connectivity index (χ2n) is 6.67. The minimum Gasteiger partial charge on any atom is -0.354 e. The fraction of sp³-hybridized carbons (Fsp3) is 0.364. The molecule has 28 heavy (non-hydrogen) atoms. The van der Waals surface area contributed by atoms with Crippen LogP contribution in [0.2, 0.25) is 10.0 Å². The van der Waals surface area contributed by atoms with Gasteiger partial charge in [0.1, 0.15) is 6.04 Å². The Labute approximate surface area is 176 Å². The van der Waals surface area contributed by atoms with E-state index < -0.39 is 6.04 Å². The van der Waals surface area contributed by atoms with Gasteiger partial charge in [-0.3, -0.25) is 9.59 Å². The predicted molar refractivity (Wildman–Crippen MR) is 115 cm³/mol. The smallest absolute Gasteiger partial charge is 0.242 e. The van der Waals surface area contributed by atoms with Crippen molar-refractivity contribution in [1.29, 1.82) is 0 Å². The maximum absolute atomic E-state index is 13.0. The molecule has 2 rings (SSSR count). The van der Waals surface area contributed by atoms with Crippen molar-refractivity contribution in [2.75, 3.05) is 6.54 Å². The van der Waals surface area contributed by atoms with Crippen molar-refractivity contribution >= 4 is 35.0 Å². The normalized spacial score (nSPS) is 11.7. The van der Waals surface area contributed by atoms with Crippen LogP contribution in [0.25, 0.3) is 0 Å². The summed E-state index contributed by atoms with van der Waals surface area (Å²) in [6.07, 6.45) is 1.74. The number of hydrogen-bond acceptors (Lipinski definition) is 2. The number of nitrogens with one attached hydrogen (secondary N) is 1. The van der Waals surface area contributed by atoms with Crippen LogP contribution in [0.4, 0.5) is 0 Å². The van der Waals surface area contributed by atoms with E-state index in [-0.39, 0.29) is 18.4 Å². The molecule has 0 aliphatic carbocycles. The van der Waals surface area contributed by atoms with Gasteiger partial charge in [0.05, 0.1) is 0 Å². The molecular weight excluding hydrogens is 395 g/mol. The van der Waals surface area contributed by atoms with Gasteiger partial charge in [0.2, 0.25) is 11.8 Å². The molecule has 0 aliphatic heterocycles. The highest BCUT2D eigenvalue weighted by atomic mass is 35.5. The van der Waals surface area contributed by atoms with Gasteiger partial charge in [-0.25, -0.2) is 0 Å². The van der Waals surface area contributed by atoms with Gasteiger partial charge in [0.15, 0.2) is 0 Å². The standard InChI is InChI=1S/C22H26Cl2N2O2/c1-3-14-25-22(28)16(2)26(15-18-19(23)10-7-11-20(18)24)21(27)13-12-17-8-5-4-6-9-17/h4-11,16H,3,12-15H2,1-2H3,(H,25,28)/t16-/m0/s1. The van der Waals surface area contributed by atoms with Gasteiger partial charge in [-0.15, -0.1) is 0 Å². The Bertz CT molecular complexity index is 776. The first-order chi connectivity index (χ1) is 13.4. The molecule has 2 aromatic carbocycles. The Morgan fingerprint density at radius 3 is 2.29 bits per heavy atom. The van der Waals surface area contributed by atoms with Gasteiger partial charge in [0.25, 0.3) is 0 Å². The third kappa shape index (κ3) is 6.25. The summed E-state index contributed by atoms with van der Waals surface area (Å²) < 4.78 is 0. The number of carbonyl (C=O) groups is 2. The molecule has 2 aromatic rings. The van der Waals surface area contributed by atoms with E-state index in [2.05, 4.69) is 5.32 Å². The lowest BCUT2D eigenvalue weighted by atomic mass is 10.1. The van der Waals surface area contributed by atoms with E-state index in [1.54, 1.807) is 30.0 Å². The van der Waals surface area contributed by atoms with E-state index in [9.17, 15) is 9.59 Å². The zero-order chi connectivity index (χ0) is 20.5. The van der Waals surface area contributed by atoms with Gasteiger partial charge >= 0.3 is 0 Å². The van der Waals surface area contributed by atoms with Crippen molar-refractivity contribution in [2.45, 2.75) is 45.7 Å². The van der Waals surface area contributed by atoms with Gasteiger partial charge in [0, 0.05) is 35.1 Å². The molecule has 150 valence electrons. The highest BCUT2D eigenvalue weighted by molar-refractivity contribution is 6.36. The molecule has 4 nitrogen and oxygen atoms in total. The predicted octanol–water partition coefficient (Wildman–Crippen LogP) is 4.87. The zero-order valence-corrected chi connectivity index (χ0v) is 17.8. The van der Waals surface area contributed by atoms with E-state index in [0.29, 0.717) is 35.0 Å². The second-order valence-corrected chi connectivity index (χ2v) is 7.49. The number of carbonyl (C=O) groups excluding carboxylic acids is 2. The molecule has 1 atom stereocenters. The van der Waals surface area contributed by atoms with Gasteiger partial charge in [-0.2, -0.15) is 0 Å². The average Bonchev–Trinajstić information content (AvgIpc) is 2.70. The number of amides is 2. The van der Waals surface area contributed by atoms with Crippen LogP contribution >= 0.6 is 23.2 Å². The number of rotatable bonds is 9. The lowest BCUT2D eigenvalue weighted by Gasteiger charge is -2.29. The Hall–Kier alpha value is -2.04. The quantitative estimate of drug-likeness (QED) is 0.628. The molecule has 0 unspecified atom stereocenters. The Kier molecular flexibility index (Phi) is 8.81. The minimum absolute atomic E-state index is 0.112. The van der Waals surface area contributed by atoms with Crippen molar-refractivity contribution < 1.29 is 9.59 Å². The molecule has 0 radical (unpaired) electrons. The number of aryl methyl sites for hydroxylation is 1. The summed E-state index contributed by atoms with van der Waals surface area (Å²) >= 11 is 12.6. The van der Waals surface area contributed by atoms with Crippen LogP contribution in [-0.4, -0.2) is 29.3 Å². The molecule has 0 aromatic heterocycles. The molecule has 0 heterocycles. The summed E-state index contributed by atoms with van der Waals surface area (Å²) in [6, 6.07) is 14.4. The number of hydrogen-bond donors (Lipinski definition) is 1. The minimum atomic E-state index is -0.623. The molecule has 0 fully saturated rings. The van der Waals surface area contributed by atoms with Gasteiger partial charge in [-0.1, -0.05) is 66.5 Å². The fourth-order valence-corrected chi connectivity index (χ4v) is 3.39. The van der Waals surface area contributed by atoms with Crippen LogP contribution in [0.3, 0.4) is 0 Å². The third-order valence-electron chi connectivity index (χ3n) is 4.58. The summed E-state index contributed by atoms with van der Waals surface area (Å²) in [5, 5.41) is 3.82. The van der Waals surface area contributed by atoms with Gasteiger partial charge in [-0.05, 0) is 37.5 Å². The summed E-state index contributed by atoms with van der Waals surface area (Å²) in [4.78, 5) is 27.1. The molecule has 2 amide bonds. The molecular formula is C22H26Cl2N2O2. The summed E-state index contributed by atoms with van der Waals surface area (Å²) in [6.45, 7) is 4.47. The van der Waals surface area contributed by atoms with Crippen LogP contribution in [0.15, 0.2) is 48.5 Å². The first-order valence-electron chi connectivity index (χ1n) is 9.48. The van der Waals surface area contributed by atoms with E-state index in [4.69, 9.17) is 23.2 Å². The topological polar surface area (TPSA) is 49.4 Å². The summed E-state index contributed by atoms with van der Waals surface area (Å²) in [5.74, 6) is -0.294. The van der Waals surface area contributed by atoms with Crippen molar-refractivity contribution in [3.63, 3.8) is 0 Å². The number of halogens is 2. The highest BCUT2D eigenvalue weighted by Gasteiger charge is 2.27. The first-order valence-corrected chi connectivity index (χ1v) is 10.2. The Morgan fingerprint density at radius 1 is 1.04 bits per heavy atom. The molecule has 0 aliphatic rings. The third-order valence-corrected chi connectivity index (χ3v) is 5.29. The SMILES string of the molecule is CCCNC(=O)[C@H](C)N(Cc1c(Cl)cccc1Cl)C(=O)CCc1ccccc1. The Balaban J connectivity index is 2.19. The molecule has 0 bridgehead atoms. The lowest BCUT2D eigenvalue weighted by Crippen LogP contribution is -2.47. The van der Waals surface area contributed by atoms with Crippen LogP contribution in [0.5, 0.6) is 0 Å². The zero-order valence-electron chi connectivity index (χ0n) is 16.3. The number of nitrogens with zero attached hydrogens (tertiary/aromatic N) is 1. The molecule has 0 saturated carbocycles. The lowest BCUT2D eigenvalue weighted by molar-refractivity contribution is -0.140. The van der Waals surface area contributed by atoms with Crippen molar-refractivity contribution in [3.05, 3.63) is 69.7 Å². The second kappa shape index (κ2) is 11.1. The van der Waals surface area contributed by atoms with Gasteiger partial charge < -0.3 is 10.2 Å².